The van der Waals surface area contributed by atoms with Crippen molar-refractivity contribution in [2.45, 2.75) is 50.2 Å². The van der Waals surface area contributed by atoms with E-state index in [1.54, 1.807) is 30.3 Å². The van der Waals surface area contributed by atoms with Gasteiger partial charge in [-0.15, -0.1) is 0 Å². The Labute approximate surface area is 303 Å². The van der Waals surface area contributed by atoms with E-state index in [-0.39, 0.29) is 40.1 Å². The van der Waals surface area contributed by atoms with E-state index in [0.717, 1.165) is 9.87 Å². The van der Waals surface area contributed by atoms with Crippen LogP contribution in [0.3, 0.4) is 0 Å². The van der Waals surface area contributed by atoms with Gasteiger partial charge >= 0.3 is 0 Å². The van der Waals surface area contributed by atoms with E-state index in [1.165, 1.54) is 56.6 Å². The van der Waals surface area contributed by atoms with Crippen LogP contribution in [0.4, 0.5) is 5.69 Å². The van der Waals surface area contributed by atoms with Gasteiger partial charge in [0.05, 0.1) is 31.9 Å². The number of methoxy groups -OCH3 is 3. The van der Waals surface area contributed by atoms with Gasteiger partial charge in [0.2, 0.25) is 11.8 Å². The molecule has 1 atom stereocenters. The number of rotatable bonds is 14. The number of nitrogens with one attached hydrogen (secondary N) is 1. The fraction of sp³-hybridized carbons (Fsp3) is 0.297. The monoisotopic (exact) mass is 741 g/mol. The summed E-state index contributed by atoms with van der Waals surface area (Å²) in [6, 6.07) is 23.7. The molecule has 0 bridgehead atoms. The van der Waals surface area contributed by atoms with Gasteiger partial charge in [-0.05, 0) is 74.4 Å². The first kappa shape index (κ1) is 38.4. The summed E-state index contributed by atoms with van der Waals surface area (Å²) in [5.41, 5.74) is 0.881. The van der Waals surface area contributed by atoms with E-state index in [1.807, 2.05) is 51.1 Å². The van der Waals surface area contributed by atoms with Gasteiger partial charge in [-0.3, -0.25) is 13.9 Å². The van der Waals surface area contributed by atoms with Gasteiger partial charge in [-0.2, -0.15) is 0 Å². The van der Waals surface area contributed by atoms with Gasteiger partial charge in [-0.25, -0.2) is 8.42 Å². The third kappa shape index (κ3) is 9.62. The van der Waals surface area contributed by atoms with Crippen molar-refractivity contribution in [2.75, 3.05) is 32.2 Å². The third-order valence-corrected chi connectivity index (χ3v) is 9.91. The van der Waals surface area contributed by atoms with Gasteiger partial charge in [0.25, 0.3) is 10.0 Å². The number of benzene rings is 4. The van der Waals surface area contributed by atoms with Crippen LogP contribution < -0.4 is 23.8 Å². The molecule has 4 aromatic carbocycles. The molecule has 1 N–H and O–H groups in total. The summed E-state index contributed by atoms with van der Waals surface area (Å²) in [4.78, 5) is 30.1. The van der Waals surface area contributed by atoms with E-state index in [9.17, 15) is 18.0 Å². The molecule has 0 fully saturated rings. The molecule has 2 amide bonds. The minimum Gasteiger partial charge on any atom is -0.495 e. The third-order valence-electron chi connectivity index (χ3n) is 7.67. The van der Waals surface area contributed by atoms with Crippen LogP contribution in [0.25, 0.3) is 0 Å². The van der Waals surface area contributed by atoms with Gasteiger partial charge < -0.3 is 24.4 Å². The Morgan fingerprint density at radius 3 is 1.96 bits per heavy atom. The molecule has 0 saturated heterocycles. The lowest BCUT2D eigenvalue weighted by Crippen LogP contribution is -2.56. The predicted octanol–water partition coefficient (Wildman–Crippen LogP) is 6.77. The Bertz CT molecular complexity index is 1900. The van der Waals surface area contributed by atoms with Gasteiger partial charge in [0.15, 0.2) is 11.5 Å². The summed E-state index contributed by atoms with van der Waals surface area (Å²) >= 11 is 12.6. The lowest BCUT2D eigenvalue weighted by Gasteiger charge is -2.35. The van der Waals surface area contributed by atoms with Crippen molar-refractivity contribution in [2.24, 2.45) is 0 Å². The molecule has 0 unspecified atom stereocenters. The summed E-state index contributed by atoms with van der Waals surface area (Å²) in [6.07, 6.45) is 0.158. The maximum absolute atomic E-state index is 14.8. The zero-order valence-corrected chi connectivity index (χ0v) is 31.1. The number of amides is 2. The van der Waals surface area contributed by atoms with Crippen LogP contribution in [-0.2, 0) is 32.6 Å². The van der Waals surface area contributed by atoms with Crippen LogP contribution in [-0.4, -0.2) is 64.6 Å². The molecular weight excluding hydrogens is 701 g/mol. The molecule has 266 valence electrons. The van der Waals surface area contributed by atoms with Gasteiger partial charge in [-0.1, -0.05) is 65.7 Å². The number of sulfonamides is 1. The largest absolute Gasteiger partial charge is 0.495 e. The summed E-state index contributed by atoms with van der Waals surface area (Å²) in [5.74, 6) is -0.419. The first-order valence-corrected chi connectivity index (χ1v) is 17.8. The number of anilines is 1. The number of hydrogen-bond acceptors (Lipinski definition) is 7. The molecule has 50 heavy (non-hydrogen) atoms. The Hall–Kier alpha value is -4.45. The first-order chi connectivity index (χ1) is 23.7. The average molecular weight is 743 g/mol. The van der Waals surface area contributed by atoms with E-state index in [2.05, 4.69) is 5.32 Å². The van der Waals surface area contributed by atoms with Crippen molar-refractivity contribution in [3.8, 4) is 17.2 Å². The number of carbonyl (C=O) groups excluding carboxylic acids is 2. The fourth-order valence-corrected chi connectivity index (χ4v) is 6.99. The van der Waals surface area contributed by atoms with Crippen molar-refractivity contribution >= 4 is 50.7 Å². The molecule has 10 nitrogen and oxygen atoms in total. The number of halogens is 2. The Morgan fingerprint density at radius 2 is 1.36 bits per heavy atom. The maximum atomic E-state index is 14.8. The minimum absolute atomic E-state index is 0.0216. The maximum Gasteiger partial charge on any atom is 0.265 e. The zero-order chi connectivity index (χ0) is 36.6. The normalized spacial score (nSPS) is 12.1. The van der Waals surface area contributed by atoms with Crippen LogP contribution in [0.15, 0.2) is 95.9 Å². The minimum atomic E-state index is -4.51. The molecule has 0 saturated carbocycles. The molecule has 0 spiro atoms. The predicted molar refractivity (Wildman–Crippen MR) is 196 cm³/mol. The molecule has 4 rings (SSSR count). The molecule has 0 heterocycles. The van der Waals surface area contributed by atoms with Crippen LogP contribution >= 0.6 is 23.2 Å². The molecule has 0 radical (unpaired) electrons. The Morgan fingerprint density at radius 1 is 0.760 bits per heavy atom. The summed E-state index contributed by atoms with van der Waals surface area (Å²) < 4.78 is 46.3. The lowest BCUT2D eigenvalue weighted by atomic mass is 10.0. The second-order valence-electron chi connectivity index (χ2n) is 12.4. The SMILES string of the molecule is COc1ccc(S(=O)(=O)N(CC(=O)N(Cc2ccc(Cl)cc2)[C@@H](Cc2ccccc2)C(=O)NC(C)(C)C)c2cc(Cl)ccc2OC)cc1OC. The van der Waals surface area contributed by atoms with Gasteiger partial charge in [0, 0.05) is 34.6 Å². The zero-order valence-electron chi connectivity index (χ0n) is 28.8. The van der Waals surface area contributed by atoms with Gasteiger partial charge in [0.1, 0.15) is 18.3 Å². The van der Waals surface area contributed by atoms with Crippen molar-refractivity contribution < 1.29 is 32.2 Å². The number of ether oxygens (including phenoxy) is 3. The second-order valence-corrected chi connectivity index (χ2v) is 15.2. The van der Waals surface area contributed by atoms with E-state index < -0.39 is 40.0 Å². The molecular formula is C37H41Cl2N3O7S. The van der Waals surface area contributed by atoms with E-state index in [4.69, 9.17) is 37.4 Å². The van der Waals surface area contributed by atoms with E-state index >= 15 is 0 Å². The van der Waals surface area contributed by atoms with Crippen molar-refractivity contribution in [3.63, 3.8) is 0 Å². The highest BCUT2D eigenvalue weighted by molar-refractivity contribution is 7.92. The Kier molecular flexibility index (Phi) is 12.7. The van der Waals surface area contributed by atoms with Crippen molar-refractivity contribution in [1.82, 2.24) is 10.2 Å². The summed E-state index contributed by atoms with van der Waals surface area (Å²) in [7, 11) is -0.300. The molecule has 0 aliphatic carbocycles. The molecule has 0 aromatic heterocycles. The highest BCUT2D eigenvalue weighted by Crippen LogP contribution is 2.37. The quantitative estimate of drug-likeness (QED) is 0.152. The van der Waals surface area contributed by atoms with Crippen molar-refractivity contribution in [3.05, 3.63) is 112 Å². The number of nitrogens with zero attached hydrogens (tertiary/aromatic N) is 2. The van der Waals surface area contributed by atoms with Crippen LogP contribution in [0, 0.1) is 0 Å². The summed E-state index contributed by atoms with van der Waals surface area (Å²) in [6.45, 7) is 4.80. The van der Waals surface area contributed by atoms with Crippen LogP contribution in [0.1, 0.15) is 31.9 Å². The lowest BCUT2D eigenvalue weighted by molar-refractivity contribution is -0.140. The standard InChI is InChI=1S/C37H41Cl2N3O7S/c1-37(2,3)40-36(44)31(20-25-10-8-7-9-11-25)41(23-26-12-14-27(38)15-13-26)35(43)24-42(30-21-28(39)16-18-32(30)47-4)50(45,46)29-17-19-33(48-5)34(22-29)49-6/h7-19,21-22,31H,20,23-24H2,1-6H3,(H,40,44)/t31-/m0/s1. The first-order valence-electron chi connectivity index (χ1n) is 15.6. The summed E-state index contributed by atoms with van der Waals surface area (Å²) in [5, 5.41) is 3.72. The van der Waals surface area contributed by atoms with Crippen molar-refractivity contribution in [1.29, 1.82) is 0 Å². The van der Waals surface area contributed by atoms with Crippen LogP contribution in [0.5, 0.6) is 17.2 Å². The molecule has 4 aromatic rings. The highest BCUT2D eigenvalue weighted by Gasteiger charge is 2.37. The number of hydrogen-bond donors (Lipinski definition) is 1. The van der Waals surface area contributed by atoms with E-state index in [0.29, 0.717) is 16.3 Å². The molecule has 0 aliphatic heterocycles. The smallest absolute Gasteiger partial charge is 0.265 e. The second kappa shape index (κ2) is 16.5. The number of carbonyl (C=O) groups is 2. The Balaban J connectivity index is 1.89. The molecule has 0 aliphatic rings. The fourth-order valence-electron chi connectivity index (χ4n) is 5.27. The van der Waals surface area contributed by atoms with Crippen LogP contribution in [0.2, 0.25) is 10.0 Å². The molecule has 13 heteroatoms. The topological polar surface area (TPSA) is 114 Å². The average Bonchev–Trinajstić information content (AvgIpc) is 3.08. The highest BCUT2D eigenvalue weighted by atomic mass is 35.5.